The van der Waals surface area contributed by atoms with Gasteiger partial charge in [0.1, 0.15) is 0 Å². The van der Waals surface area contributed by atoms with Crippen molar-refractivity contribution in [2.45, 2.75) is 3.91 Å². The van der Waals surface area contributed by atoms with Gasteiger partial charge in [-0.2, -0.15) is 0 Å². The van der Waals surface area contributed by atoms with Gasteiger partial charge in [-0.3, -0.25) is 5.32 Å². The standard InChI is InChI=1S/C2H3BrClN/c3-2(4)1-5-2/h5H,1H2. The van der Waals surface area contributed by atoms with Gasteiger partial charge in [-0.05, 0) is 15.9 Å². The first kappa shape index (κ1) is 3.90. The van der Waals surface area contributed by atoms with Crippen LogP contribution in [0, 0.1) is 0 Å². The van der Waals surface area contributed by atoms with Gasteiger partial charge in [-0.15, -0.1) is 0 Å². The van der Waals surface area contributed by atoms with Crippen LogP contribution in [0.1, 0.15) is 0 Å². The molecule has 1 atom stereocenters. The van der Waals surface area contributed by atoms with Gasteiger partial charge in [-0.25, -0.2) is 0 Å². The van der Waals surface area contributed by atoms with E-state index in [4.69, 9.17) is 11.6 Å². The Morgan fingerprint density at radius 3 is 2.20 bits per heavy atom. The number of alkyl halides is 2. The molecule has 1 N–H and O–H groups in total. The van der Waals surface area contributed by atoms with Crippen LogP contribution in [0.4, 0.5) is 0 Å². The second kappa shape index (κ2) is 0.863. The Bertz CT molecular complexity index is 47.6. The smallest absolute Gasteiger partial charge is 0.162 e. The van der Waals surface area contributed by atoms with Crippen LogP contribution in [-0.4, -0.2) is 10.5 Å². The maximum atomic E-state index is 5.45. The van der Waals surface area contributed by atoms with Gasteiger partial charge in [-0.1, -0.05) is 11.6 Å². The molecule has 1 aliphatic rings. The average molecular weight is 156 g/mol. The van der Waals surface area contributed by atoms with Crippen LogP contribution < -0.4 is 5.32 Å². The number of halogens is 2. The Morgan fingerprint density at radius 2 is 2.20 bits per heavy atom. The quantitative estimate of drug-likeness (QED) is 0.314. The molecule has 0 radical (unpaired) electrons. The van der Waals surface area contributed by atoms with Crippen molar-refractivity contribution in [3.63, 3.8) is 0 Å². The second-order valence-electron chi connectivity index (χ2n) is 1.06. The Kier molecular flexibility index (Phi) is 0.674. The highest BCUT2D eigenvalue weighted by Gasteiger charge is 2.35. The van der Waals surface area contributed by atoms with Crippen molar-refractivity contribution in [3.8, 4) is 0 Å². The van der Waals surface area contributed by atoms with Gasteiger partial charge in [0.2, 0.25) is 0 Å². The van der Waals surface area contributed by atoms with Crippen molar-refractivity contribution in [3.05, 3.63) is 0 Å². The largest absolute Gasteiger partial charge is 0.285 e. The summed E-state index contributed by atoms with van der Waals surface area (Å²) in [6, 6.07) is 0. The van der Waals surface area contributed by atoms with Gasteiger partial charge >= 0.3 is 0 Å². The van der Waals surface area contributed by atoms with Crippen molar-refractivity contribution < 1.29 is 0 Å². The van der Waals surface area contributed by atoms with E-state index in [1.165, 1.54) is 0 Å². The fourth-order valence-corrected chi connectivity index (χ4v) is 0.274. The highest BCUT2D eigenvalue weighted by atomic mass is 79.9. The summed E-state index contributed by atoms with van der Waals surface area (Å²) in [4.78, 5) is 0. The molecule has 0 aromatic carbocycles. The molecule has 30 valence electrons. The monoisotopic (exact) mass is 155 g/mol. The Balaban J connectivity index is 2.38. The molecule has 0 aromatic rings. The summed E-state index contributed by atoms with van der Waals surface area (Å²) < 4.78 is -0.215. The third-order valence-corrected chi connectivity index (χ3v) is 1.27. The molecule has 1 rings (SSSR count). The normalized spacial score (nSPS) is 49.2. The van der Waals surface area contributed by atoms with Crippen molar-refractivity contribution in [2.75, 3.05) is 6.54 Å². The molecule has 1 aliphatic heterocycles. The second-order valence-corrected chi connectivity index (χ2v) is 3.51. The molecule has 0 aromatic heterocycles. The zero-order chi connectivity index (χ0) is 3.91. The lowest BCUT2D eigenvalue weighted by molar-refractivity contribution is 1.26. The fraction of sp³-hybridized carbons (Fsp3) is 1.00. The molecule has 1 saturated heterocycles. The lowest BCUT2D eigenvalue weighted by atomic mass is 11.0. The summed E-state index contributed by atoms with van der Waals surface area (Å²) >= 11 is 8.59. The van der Waals surface area contributed by atoms with E-state index in [0.717, 1.165) is 6.54 Å². The maximum Gasteiger partial charge on any atom is 0.162 e. The van der Waals surface area contributed by atoms with E-state index >= 15 is 0 Å². The highest BCUT2D eigenvalue weighted by Crippen LogP contribution is 2.28. The lowest BCUT2D eigenvalue weighted by Gasteiger charge is -1.77. The molecule has 0 saturated carbocycles. The maximum absolute atomic E-state index is 5.45. The Labute approximate surface area is 43.8 Å². The zero-order valence-corrected chi connectivity index (χ0v) is 4.80. The van der Waals surface area contributed by atoms with E-state index in [0.29, 0.717) is 0 Å². The summed E-state index contributed by atoms with van der Waals surface area (Å²) in [7, 11) is 0. The van der Waals surface area contributed by atoms with Crippen LogP contribution in [0.3, 0.4) is 0 Å². The first-order valence-corrected chi connectivity index (χ1v) is 2.51. The molecule has 1 heterocycles. The number of hydrogen-bond acceptors (Lipinski definition) is 1. The minimum Gasteiger partial charge on any atom is -0.285 e. The van der Waals surface area contributed by atoms with Crippen LogP contribution in [0.5, 0.6) is 0 Å². The fourth-order valence-electron chi connectivity index (χ4n) is 0.0668. The van der Waals surface area contributed by atoms with Gasteiger partial charge in [0.05, 0.1) is 0 Å². The minimum absolute atomic E-state index is 0.215. The molecule has 1 nitrogen and oxygen atoms in total. The molecular formula is C2H3BrClN. The topological polar surface area (TPSA) is 21.9 Å². The number of nitrogens with one attached hydrogen (secondary N) is 1. The summed E-state index contributed by atoms with van der Waals surface area (Å²) in [5.74, 6) is 0. The summed E-state index contributed by atoms with van der Waals surface area (Å²) in [5, 5.41) is 2.86. The van der Waals surface area contributed by atoms with Crippen LogP contribution in [-0.2, 0) is 0 Å². The summed E-state index contributed by atoms with van der Waals surface area (Å²) in [6.07, 6.45) is 0. The molecule has 0 amide bonds. The molecular weight excluding hydrogens is 153 g/mol. The molecule has 3 heteroatoms. The van der Waals surface area contributed by atoms with Crippen LogP contribution in [0.2, 0.25) is 0 Å². The molecule has 1 fully saturated rings. The summed E-state index contributed by atoms with van der Waals surface area (Å²) in [6.45, 7) is 0.883. The molecule has 0 bridgehead atoms. The van der Waals surface area contributed by atoms with Crippen molar-refractivity contribution in [1.82, 2.24) is 5.32 Å². The van der Waals surface area contributed by atoms with Gasteiger partial charge in [0.25, 0.3) is 0 Å². The van der Waals surface area contributed by atoms with E-state index in [9.17, 15) is 0 Å². The third kappa shape index (κ3) is 1.07. The predicted octanol–water partition coefficient (Wildman–Crippen LogP) is 0.877. The average Bonchev–Trinajstić information content (AvgIpc) is 1.76. The van der Waals surface area contributed by atoms with Crippen molar-refractivity contribution in [2.24, 2.45) is 0 Å². The van der Waals surface area contributed by atoms with E-state index < -0.39 is 0 Å². The van der Waals surface area contributed by atoms with Gasteiger partial charge in [0, 0.05) is 6.54 Å². The number of hydrogen-bond donors (Lipinski definition) is 1. The Morgan fingerprint density at radius 1 is 2.00 bits per heavy atom. The van der Waals surface area contributed by atoms with Gasteiger partial charge in [0.15, 0.2) is 3.91 Å². The summed E-state index contributed by atoms with van der Waals surface area (Å²) in [5.41, 5.74) is 0. The molecule has 5 heavy (non-hydrogen) atoms. The third-order valence-electron chi connectivity index (χ3n) is 0.444. The van der Waals surface area contributed by atoms with Crippen LogP contribution >= 0.6 is 27.5 Å². The Hall–Kier alpha value is 0.730. The molecule has 1 unspecified atom stereocenters. The first-order valence-electron chi connectivity index (χ1n) is 1.34. The van der Waals surface area contributed by atoms with Crippen LogP contribution in [0.25, 0.3) is 0 Å². The van der Waals surface area contributed by atoms with E-state index in [1.54, 1.807) is 0 Å². The van der Waals surface area contributed by atoms with Crippen LogP contribution in [0.15, 0.2) is 0 Å². The number of rotatable bonds is 0. The molecule has 0 spiro atoms. The zero-order valence-electron chi connectivity index (χ0n) is 2.46. The highest BCUT2D eigenvalue weighted by molar-refractivity contribution is 9.10. The first-order chi connectivity index (χ1) is 2.21. The van der Waals surface area contributed by atoms with Crippen molar-refractivity contribution in [1.29, 1.82) is 0 Å². The van der Waals surface area contributed by atoms with E-state index in [1.807, 2.05) is 0 Å². The van der Waals surface area contributed by atoms with E-state index in [-0.39, 0.29) is 3.91 Å². The van der Waals surface area contributed by atoms with Crippen molar-refractivity contribution >= 4 is 27.5 Å². The predicted molar refractivity (Wildman–Crippen MR) is 25.5 cm³/mol. The van der Waals surface area contributed by atoms with E-state index in [2.05, 4.69) is 21.2 Å². The SMILES string of the molecule is ClC1(Br)CN1. The minimum atomic E-state index is -0.215. The lowest BCUT2D eigenvalue weighted by Crippen LogP contribution is -1.86. The van der Waals surface area contributed by atoms with Gasteiger partial charge < -0.3 is 0 Å². The molecule has 0 aliphatic carbocycles.